The zero-order valence-corrected chi connectivity index (χ0v) is 7.79. The zero-order valence-electron chi connectivity index (χ0n) is 5.62. The van der Waals surface area contributed by atoms with Crippen molar-refractivity contribution in [2.24, 2.45) is 0 Å². The van der Waals surface area contributed by atoms with Crippen LogP contribution in [-0.4, -0.2) is 23.1 Å². The van der Waals surface area contributed by atoms with Crippen LogP contribution in [-0.2, 0) is 0 Å². The first kappa shape index (κ1) is 16.0. The zero-order chi connectivity index (χ0) is 4.83. The molecule has 0 amide bonds. The molecule has 0 nitrogen and oxygen atoms in total. The van der Waals surface area contributed by atoms with E-state index in [0.717, 1.165) is 6.42 Å². The van der Waals surface area contributed by atoms with Crippen LogP contribution >= 0.6 is 0 Å². The molecule has 0 saturated heterocycles. The maximum atomic E-state index is 3.72. The maximum absolute atomic E-state index is 3.72. The number of unbranched alkanes of at least 4 members (excludes halogenated alkanes) is 3. The molecule has 0 aliphatic carbocycles. The van der Waals surface area contributed by atoms with Crippen molar-refractivity contribution in [3.8, 4) is 0 Å². The Balaban J connectivity index is -0.000000125. The molecular formula is C6H13ClMg. The van der Waals surface area contributed by atoms with Crippen LogP contribution in [0.15, 0.2) is 0 Å². The van der Waals surface area contributed by atoms with Gasteiger partial charge in [-0.2, -0.15) is 6.42 Å². The van der Waals surface area contributed by atoms with Gasteiger partial charge in [0.25, 0.3) is 0 Å². The van der Waals surface area contributed by atoms with Crippen LogP contribution in [0, 0.1) is 6.92 Å². The van der Waals surface area contributed by atoms with Crippen LogP contribution in [0.25, 0.3) is 0 Å². The second-order valence-electron chi connectivity index (χ2n) is 1.56. The first-order valence-corrected chi connectivity index (χ1v) is 2.71. The molecule has 0 aromatic carbocycles. The Morgan fingerprint density at radius 3 is 1.88 bits per heavy atom. The first-order chi connectivity index (χ1) is 2.91. The third-order valence-corrected chi connectivity index (χ3v) is 0.854. The Bertz CT molecular complexity index is 20.5. The molecule has 0 fully saturated rings. The van der Waals surface area contributed by atoms with Crippen molar-refractivity contribution in [1.82, 2.24) is 0 Å². The van der Waals surface area contributed by atoms with Gasteiger partial charge in [0.1, 0.15) is 0 Å². The monoisotopic (exact) mass is 144 g/mol. The second kappa shape index (κ2) is 15.7. The summed E-state index contributed by atoms with van der Waals surface area (Å²) >= 11 is 0. The summed E-state index contributed by atoms with van der Waals surface area (Å²) in [5.74, 6) is 0. The normalized spacial score (nSPS) is 6.75. The van der Waals surface area contributed by atoms with Gasteiger partial charge < -0.3 is 19.3 Å². The minimum atomic E-state index is 0. The third-order valence-electron chi connectivity index (χ3n) is 0.854. The molecule has 0 aliphatic heterocycles. The van der Waals surface area contributed by atoms with Gasteiger partial charge in [-0.1, -0.05) is 26.2 Å². The largest absolute Gasteiger partial charge is 2.00 e. The Hall–Kier alpha value is 1.06. The molecule has 0 spiro atoms. The van der Waals surface area contributed by atoms with E-state index in [-0.39, 0.29) is 35.5 Å². The molecule has 0 N–H and O–H groups in total. The van der Waals surface area contributed by atoms with E-state index in [1.165, 1.54) is 19.3 Å². The predicted molar refractivity (Wildman–Crippen MR) is 35.3 cm³/mol. The van der Waals surface area contributed by atoms with E-state index in [1.54, 1.807) is 0 Å². The van der Waals surface area contributed by atoms with E-state index in [9.17, 15) is 0 Å². The SMILES string of the molecule is [CH2-]CCCCC.[Cl-].[Mg+2]. The Labute approximate surface area is 75.0 Å². The average Bonchev–Trinajstić information content (AvgIpc) is 1.61. The van der Waals surface area contributed by atoms with Gasteiger partial charge in [-0.05, 0) is 0 Å². The van der Waals surface area contributed by atoms with Crippen molar-refractivity contribution >= 4 is 23.1 Å². The summed E-state index contributed by atoms with van der Waals surface area (Å²) in [5.41, 5.74) is 0. The van der Waals surface area contributed by atoms with Gasteiger partial charge in [0, 0.05) is 0 Å². The summed E-state index contributed by atoms with van der Waals surface area (Å²) in [6, 6.07) is 0. The average molecular weight is 145 g/mol. The van der Waals surface area contributed by atoms with Crippen LogP contribution in [0.1, 0.15) is 32.6 Å². The molecular weight excluding hydrogens is 132 g/mol. The summed E-state index contributed by atoms with van der Waals surface area (Å²) in [4.78, 5) is 0. The van der Waals surface area contributed by atoms with Gasteiger partial charge in [-0.3, -0.25) is 0 Å². The fourth-order valence-corrected chi connectivity index (χ4v) is 0.427. The van der Waals surface area contributed by atoms with Crippen LogP contribution in [0.2, 0.25) is 0 Å². The minimum absolute atomic E-state index is 0. The number of hydrogen-bond acceptors (Lipinski definition) is 0. The van der Waals surface area contributed by atoms with Crippen LogP contribution in [0.3, 0.4) is 0 Å². The summed E-state index contributed by atoms with van der Waals surface area (Å²) in [5, 5.41) is 0. The van der Waals surface area contributed by atoms with Crippen molar-refractivity contribution in [2.75, 3.05) is 0 Å². The molecule has 0 aliphatic rings. The number of hydrogen-bond donors (Lipinski definition) is 0. The van der Waals surface area contributed by atoms with E-state index >= 15 is 0 Å². The third kappa shape index (κ3) is 15.7. The molecule has 0 unspecified atom stereocenters. The standard InChI is InChI=1S/C6H13.ClH.Mg/c1-3-5-6-4-2;;/h1,3-6H2,2H3;1H;/q-1;;+2/p-1. The maximum Gasteiger partial charge on any atom is 2.00 e. The van der Waals surface area contributed by atoms with Gasteiger partial charge in [0.05, 0.1) is 0 Å². The number of rotatable bonds is 3. The van der Waals surface area contributed by atoms with Crippen LogP contribution in [0.4, 0.5) is 0 Å². The van der Waals surface area contributed by atoms with E-state index in [1.807, 2.05) is 0 Å². The van der Waals surface area contributed by atoms with E-state index < -0.39 is 0 Å². The van der Waals surface area contributed by atoms with Crippen LogP contribution < -0.4 is 12.4 Å². The minimum Gasteiger partial charge on any atom is -1.00 e. The van der Waals surface area contributed by atoms with Crippen molar-refractivity contribution in [3.05, 3.63) is 6.92 Å². The Morgan fingerprint density at radius 1 is 1.25 bits per heavy atom. The fourth-order valence-electron chi connectivity index (χ4n) is 0.427. The molecule has 0 bridgehead atoms. The molecule has 0 atom stereocenters. The summed E-state index contributed by atoms with van der Waals surface area (Å²) in [6.07, 6.45) is 5.07. The molecule has 2 heteroatoms. The molecule has 0 aromatic rings. The molecule has 0 rings (SSSR count). The topological polar surface area (TPSA) is 0 Å². The molecule has 0 saturated carbocycles. The summed E-state index contributed by atoms with van der Waals surface area (Å²) in [7, 11) is 0. The fraction of sp³-hybridized carbons (Fsp3) is 0.833. The van der Waals surface area contributed by atoms with Gasteiger partial charge in [0.15, 0.2) is 0 Å². The summed E-state index contributed by atoms with van der Waals surface area (Å²) in [6.45, 7) is 5.93. The van der Waals surface area contributed by atoms with Crippen molar-refractivity contribution in [3.63, 3.8) is 0 Å². The smallest absolute Gasteiger partial charge is 1.00 e. The van der Waals surface area contributed by atoms with E-state index in [2.05, 4.69) is 13.8 Å². The Morgan fingerprint density at radius 2 is 1.75 bits per heavy atom. The predicted octanol–water partition coefficient (Wildman–Crippen LogP) is -0.976. The van der Waals surface area contributed by atoms with E-state index in [4.69, 9.17) is 0 Å². The van der Waals surface area contributed by atoms with Crippen molar-refractivity contribution in [2.45, 2.75) is 32.6 Å². The molecule has 0 aromatic heterocycles. The Kier molecular flexibility index (Phi) is 31.4. The molecule has 0 radical (unpaired) electrons. The van der Waals surface area contributed by atoms with Crippen LogP contribution in [0.5, 0.6) is 0 Å². The molecule has 8 heavy (non-hydrogen) atoms. The van der Waals surface area contributed by atoms with Gasteiger partial charge in [-0.25, -0.2) is 0 Å². The van der Waals surface area contributed by atoms with E-state index in [0.29, 0.717) is 0 Å². The van der Waals surface area contributed by atoms with Crippen molar-refractivity contribution in [1.29, 1.82) is 0 Å². The molecule has 46 valence electrons. The number of halogens is 1. The van der Waals surface area contributed by atoms with Gasteiger partial charge in [-0.15, -0.1) is 0 Å². The van der Waals surface area contributed by atoms with Gasteiger partial charge in [0.2, 0.25) is 0 Å². The van der Waals surface area contributed by atoms with Gasteiger partial charge >= 0.3 is 23.1 Å². The second-order valence-corrected chi connectivity index (χ2v) is 1.56. The summed E-state index contributed by atoms with van der Waals surface area (Å²) < 4.78 is 0. The van der Waals surface area contributed by atoms with Crippen molar-refractivity contribution < 1.29 is 12.4 Å². The molecule has 0 heterocycles. The first-order valence-electron chi connectivity index (χ1n) is 2.71. The quantitative estimate of drug-likeness (QED) is 0.272.